The number of benzene rings is 2. The number of aromatic nitrogens is 3. The first-order chi connectivity index (χ1) is 11.5. The second kappa shape index (κ2) is 6.84. The van der Waals surface area contributed by atoms with E-state index in [0.717, 1.165) is 17.7 Å². The number of hydrogen-bond donors (Lipinski definition) is 1. The fourth-order valence-electron chi connectivity index (χ4n) is 2.35. The molecule has 1 N–H and O–H groups in total. The molecule has 0 aliphatic rings. The van der Waals surface area contributed by atoms with Crippen LogP contribution in [0.3, 0.4) is 0 Å². The Bertz CT molecular complexity index is 834. The van der Waals surface area contributed by atoms with E-state index in [1.165, 1.54) is 29.5 Å². The first-order valence-corrected chi connectivity index (χ1v) is 7.36. The van der Waals surface area contributed by atoms with Crippen LogP contribution in [0.1, 0.15) is 24.1 Å². The van der Waals surface area contributed by atoms with Crippen molar-refractivity contribution in [2.24, 2.45) is 0 Å². The van der Waals surface area contributed by atoms with Gasteiger partial charge in [0.15, 0.2) is 11.6 Å². The van der Waals surface area contributed by atoms with Crippen molar-refractivity contribution < 1.29 is 13.2 Å². The monoisotopic (exact) mass is 332 g/mol. The average Bonchev–Trinajstić information content (AvgIpc) is 3.09. The predicted molar refractivity (Wildman–Crippen MR) is 82.9 cm³/mol. The zero-order valence-corrected chi connectivity index (χ0v) is 12.9. The first kappa shape index (κ1) is 16.2. The Kier molecular flexibility index (Phi) is 4.61. The highest BCUT2D eigenvalue weighted by atomic mass is 19.2. The van der Waals surface area contributed by atoms with Crippen LogP contribution in [0.2, 0.25) is 0 Å². The third-order valence-electron chi connectivity index (χ3n) is 3.73. The van der Waals surface area contributed by atoms with Gasteiger partial charge in [0.2, 0.25) is 0 Å². The zero-order chi connectivity index (χ0) is 17.1. The van der Waals surface area contributed by atoms with Crippen molar-refractivity contribution >= 4 is 0 Å². The van der Waals surface area contributed by atoms with Crippen LogP contribution in [-0.2, 0) is 6.54 Å². The Morgan fingerprint density at radius 1 is 1.04 bits per heavy atom. The summed E-state index contributed by atoms with van der Waals surface area (Å²) in [5.41, 5.74) is 1.66. The molecule has 1 aromatic heterocycles. The van der Waals surface area contributed by atoms with Crippen LogP contribution >= 0.6 is 0 Å². The molecule has 0 spiro atoms. The minimum atomic E-state index is -0.885. The Labute approximate surface area is 137 Å². The fourth-order valence-corrected chi connectivity index (χ4v) is 2.35. The maximum Gasteiger partial charge on any atom is 0.159 e. The van der Waals surface area contributed by atoms with Gasteiger partial charge in [0.05, 0.1) is 0 Å². The Morgan fingerprint density at radius 2 is 1.88 bits per heavy atom. The van der Waals surface area contributed by atoms with Gasteiger partial charge in [0.25, 0.3) is 0 Å². The highest BCUT2D eigenvalue weighted by molar-refractivity contribution is 5.35. The number of nitrogens with zero attached hydrogens (tertiary/aromatic N) is 3. The van der Waals surface area contributed by atoms with Crippen LogP contribution in [0.5, 0.6) is 0 Å². The van der Waals surface area contributed by atoms with E-state index in [9.17, 15) is 13.2 Å². The largest absolute Gasteiger partial charge is 0.306 e. The fraction of sp³-hybridized carbons (Fsp3) is 0.176. The smallest absolute Gasteiger partial charge is 0.159 e. The van der Waals surface area contributed by atoms with Gasteiger partial charge >= 0.3 is 0 Å². The normalized spacial score (nSPS) is 12.3. The van der Waals surface area contributed by atoms with Gasteiger partial charge in [0, 0.05) is 12.6 Å². The Hall–Kier alpha value is -2.67. The van der Waals surface area contributed by atoms with Gasteiger partial charge in [-0.2, -0.15) is 5.10 Å². The average molecular weight is 332 g/mol. The van der Waals surface area contributed by atoms with Crippen molar-refractivity contribution in [2.45, 2.75) is 19.5 Å². The van der Waals surface area contributed by atoms with E-state index >= 15 is 0 Å². The van der Waals surface area contributed by atoms with E-state index in [1.807, 2.05) is 6.92 Å². The molecule has 0 aliphatic carbocycles. The maximum absolute atomic E-state index is 14.2. The molecule has 0 saturated carbocycles. The van der Waals surface area contributed by atoms with Crippen LogP contribution in [0.15, 0.2) is 49.1 Å². The Morgan fingerprint density at radius 3 is 2.54 bits per heavy atom. The van der Waals surface area contributed by atoms with Gasteiger partial charge in [-0.1, -0.05) is 12.1 Å². The lowest BCUT2D eigenvalue weighted by Gasteiger charge is -2.15. The van der Waals surface area contributed by atoms with E-state index in [-0.39, 0.29) is 6.04 Å². The van der Waals surface area contributed by atoms with E-state index < -0.39 is 17.5 Å². The molecule has 24 heavy (non-hydrogen) atoms. The van der Waals surface area contributed by atoms with Crippen LogP contribution in [0.4, 0.5) is 13.2 Å². The minimum absolute atomic E-state index is 0.210. The topological polar surface area (TPSA) is 42.7 Å². The molecule has 1 unspecified atom stereocenters. The second-order valence-electron chi connectivity index (χ2n) is 5.40. The summed E-state index contributed by atoms with van der Waals surface area (Å²) >= 11 is 0. The standard InChI is InChI=1S/C17H15F3N4/c1-11(13-3-4-14(18)15(19)7-13)22-8-12-2-5-17(16(20)6-12)24-10-21-9-23-24/h2-7,9-11,22H,8H2,1H3. The van der Waals surface area contributed by atoms with Crippen molar-refractivity contribution in [3.8, 4) is 5.69 Å². The lowest BCUT2D eigenvalue weighted by Crippen LogP contribution is -2.18. The summed E-state index contributed by atoms with van der Waals surface area (Å²) < 4.78 is 41.7. The van der Waals surface area contributed by atoms with Crippen LogP contribution in [-0.4, -0.2) is 14.8 Å². The summed E-state index contributed by atoms with van der Waals surface area (Å²) in [6, 6.07) is 8.34. The third kappa shape index (κ3) is 3.46. The van der Waals surface area contributed by atoms with E-state index in [4.69, 9.17) is 0 Å². The summed E-state index contributed by atoms with van der Waals surface area (Å²) in [6.45, 7) is 2.21. The van der Waals surface area contributed by atoms with Crippen LogP contribution in [0.25, 0.3) is 5.69 Å². The molecule has 0 amide bonds. The SMILES string of the molecule is CC(NCc1ccc(-n2cncn2)c(F)c1)c1ccc(F)c(F)c1. The highest BCUT2D eigenvalue weighted by Gasteiger charge is 2.10. The number of hydrogen-bond acceptors (Lipinski definition) is 3. The molecule has 3 aromatic rings. The molecular weight excluding hydrogens is 317 g/mol. The van der Waals surface area contributed by atoms with Crippen LogP contribution in [0, 0.1) is 17.5 Å². The van der Waals surface area contributed by atoms with Crippen molar-refractivity contribution in [2.75, 3.05) is 0 Å². The summed E-state index contributed by atoms with van der Waals surface area (Å²) in [5.74, 6) is -2.18. The molecule has 0 fully saturated rings. The van der Waals surface area contributed by atoms with Gasteiger partial charge in [-0.05, 0) is 42.3 Å². The molecule has 0 bridgehead atoms. The number of nitrogens with one attached hydrogen (secondary N) is 1. The number of rotatable bonds is 5. The second-order valence-corrected chi connectivity index (χ2v) is 5.40. The molecule has 2 aromatic carbocycles. The van der Waals surface area contributed by atoms with Crippen molar-refractivity contribution in [3.63, 3.8) is 0 Å². The van der Waals surface area contributed by atoms with E-state index in [0.29, 0.717) is 17.8 Å². The molecule has 3 rings (SSSR count). The molecule has 0 aliphatic heterocycles. The van der Waals surface area contributed by atoms with E-state index in [2.05, 4.69) is 15.4 Å². The molecular formula is C17H15F3N4. The summed E-state index contributed by atoms with van der Waals surface area (Å²) in [6.07, 6.45) is 2.75. The number of halogens is 3. The summed E-state index contributed by atoms with van der Waals surface area (Å²) in [7, 11) is 0. The van der Waals surface area contributed by atoms with Gasteiger partial charge in [-0.25, -0.2) is 22.8 Å². The highest BCUT2D eigenvalue weighted by Crippen LogP contribution is 2.18. The van der Waals surface area contributed by atoms with Gasteiger partial charge < -0.3 is 5.32 Å². The lowest BCUT2D eigenvalue weighted by molar-refractivity contribution is 0.500. The molecule has 1 heterocycles. The van der Waals surface area contributed by atoms with Gasteiger partial charge in [0.1, 0.15) is 24.2 Å². The molecule has 0 radical (unpaired) electrons. The molecule has 7 heteroatoms. The summed E-state index contributed by atoms with van der Waals surface area (Å²) in [4.78, 5) is 3.78. The molecule has 124 valence electrons. The minimum Gasteiger partial charge on any atom is -0.306 e. The predicted octanol–water partition coefficient (Wildman–Crippen LogP) is 3.54. The lowest BCUT2D eigenvalue weighted by atomic mass is 10.1. The molecule has 4 nitrogen and oxygen atoms in total. The summed E-state index contributed by atoms with van der Waals surface area (Å²) in [5, 5.41) is 7.04. The first-order valence-electron chi connectivity index (χ1n) is 7.36. The van der Waals surface area contributed by atoms with Gasteiger partial charge in [-0.15, -0.1) is 0 Å². The van der Waals surface area contributed by atoms with Gasteiger partial charge in [-0.3, -0.25) is 0 Å². The van der Waals surface area contributed by atoms with Crippen molar-refractivity contribution in [1.29, 1.82) is 0 Å². The molecule has 1 atom stereocenters. The molecule has 0 saturated heterocycles. The zero-order valence-electron chi connectivity index (χ0n) is 12.9. The van der Waals surface area contributed by atoms with Crippen molar-refractivity contribution in [1.82, 2.24) is 20.1 Å². The third-order valence-corrected chi connectivity index (χ3v) is 3.73. The Balaban J connectivity index is 1.68. The van der Waals surface area contributed by atoms with Crippen LogP contribution < -0.4 is 5.32 Å². The quantitative estimate of drug-likeness (QED) is 0.777. The van der Waals surface area contributed by atoms with E-state index in [1.54, 1.807) is 12.1 Å². The maximum atomic E-state index is 14.2. The van der Waals surface area contributed by atoms with Crippen molar-refractivity contribution in [3.05, 3.63) is 77.6 Å².